The van der Waals surface area contributed by atoms with Gasteiger partial charge in [0.05, 0.1) is 16.0 Å². The van der Waals surface area contributed by atoms with Crippen LogP contribution in [-0.2, 0) is 11.2 Å². The summed E-state index contributed by atoms with van der Waals surface area (Å²) in [7, 11) is 1.72. The maximum Gasteiger partial charge on any atom is 0.0931 e. The Bertz CT molecular complexity index is 326. The molecule has 3 nitrogen and oxygen atoms in total. The van der Waals surface area contributed by atoms with Gasteiger partial charge in [0.25, 0.3) is 0 Å². The van der Waals surface area contributed by atoms with E-state index in [1.54, 1.807) is 18.4 Å². The molecule has 16 heavy (non-hydrogen) atoms. The Balaban J connectivity index is 2.75. The molecule has 0 aromatic carbocycles. The normalized spacial score (nSPS) is 17.1. The Hall–Kier alpha value is -0.130. The van der Waals surface area contributed by atoms with Crippen LogP contribution in [0, 0.1) is 0 Å². The summed E-state index contributed by atoms with van der Waals surface area (Å²) in [6, 6.07) is 4.02. The summed E-state index contributed by atoms with van der Waals surface area (Å²) in [5.41, 5.74) is 2.58. The number of rotatable bonds is 6. The maximum atomic E-state index is 5.90. The lowest BCUT2D eigenvalue weighted by atomic mass is 9.91. The predicted octanol–water partition coefficient (Wildman–Crippen LogP) is 2.59. The van der Waals surface area contributed by atoms with Crippen LogP contribution in [0.15, 0.2) is 12.1 Å². The molecule has 2 unspecified atom stereocenters. The maximum absolute atomic E-state index is 5.90. The van der Waals surface area contributed by atoms with Gasteiger partial charge < -0.3 is 4.74 Å². The Morgan fingerprint density at radius 2 is 2.31 bits per heavy atom. The third-order valence-corrected chi connectivity index (χ3v) is 4.39. The van der Waals surface area contributed by atoms with E-state index in [0.29, 0.717) is 0 Å². The molecule has 1 aromatic heterocycles. The van der Waals surface area contributed by atoms with Gasteiger partial charge in [0.15, 0.2) is 0 Å². The van der Waals surface area contributed by atoms with Crippen LogP contribution in [0.5, 0.6) is 0 Å². The largest absolute Gasteiger partial charge is 0.377 e. The lowest BCUT2D eigenvalue weighted by molar-refractivity contribution is -0.0286. The zero-order valence-electron chi connectivity index (χ0n) is 9.92. The van der Waals surface area contributed by atoms with Crippen LogP contribution in [0.25, 0.3) is 0 Å². The number of hydrogen-bond acceptors (Lipinski definition) is 4. The number of halogens is 1. The summed E-state index contributed by atoms with van der Waals surface area (Å²) in [5, 5.41) is 0. The number of hydrazine groups is 1. The molecule has 0 radical (unpaired) electrons. The van der Waals surface area contributed by atoms with Crippen LogP contribution < -0.4 is 11.3 Å². The van der Waals surface area contributed by atoms with Crippen LogP contribution in [-0.4, -0.2) is 18.8 Å². The van der Waals surface area contributed by atoms with Crippen molar-refractivity contribution < 1.29 is 4.74 Å². The molecular formula is C11H19ClN2OS. The third kappa shape index (κ3) is 3.18. The van der Waals surface area contributed by atoms with Gasteiger partial charge in [0.2, 0.25) is 0 Å². The van der Waals surface area contributed by atoms with E-state index in [9.17, 15) is 0 Å². The van der Waals surface area contributed by atoms with Crippen LogP contribution >= 0.6 is 22.9 Å². The zero-order chi connectivity index (χ0) is 12.2. The topological polar surface area (TPSA) is 47.3 Å². The molecule has 3 N–H and O–H groups in total. The number of methoxy groups -OCH3 is 1. The molecule has 0 amide bonds. The Labute approximate surface area is 106 Å². The first-order valence-electron chi connectivity index (χ1n) is 5.31. The summed E-state index contributed by atoms with van der Waals surface area (Å²) in [5.74, 6) is 5.61. The molecule has 0 saturated carbocycles. The second kappa shape index (κ2) is 5.98. The van der Waals surface area contributed by atoms with E-state index in [1.165, 1.54) is 4.88 Å². The highest BCUT2D eigenvalue weighted by Crippen LogP contribution is 2.27. The van der Waals surface area contributed by atoms with Gasteiger partial charge in [-0.05, 0) is 25.5 Å². The van der Waals surface area contributed by atoms with Crippen molar-refractivity contribution in [3.63, 3.8) is 0 Å². The quantitative estimate of drug-likeness (QED) is 0.612. The lowest BCUT2D eigenvalue weighted by Gasteiger charge is -2.35. The third-order valence-electron chi connectivity index (χ3n) is 3.14. The van der Waals surface area contributed by atoms with Gasteiger partial charge in [-0.25, -0.2) is 0 Å². The molecule has 1 rings (SSSR count). The number of thiophene rings is 1. The van der Waals surface area contributed by atoms with Crippen molar-refractivity contribution in [2.75, 3.05) is 7.11 Å². The van der Waals surface area contributed by atoms with Crippen molar-refractivity contribution in [1.82, 2.24) is 5.43 Å². The van der Waals surface area contributed by atoms with Crippen molar-refractivity contribution in [2.45, 2.75) is 38.3 Å². The molecule has 1 heterocycles. The van der Waals surface area contributed by atoms with Crippen LogP contribution in [0.2, 0.25) is 4.34 Å². The van der Waals surface area contributed by atoms with Gasteiger partial charge in [-0.2, -0.15) is 0 Å². The molecule has 0 aliphatic carbocycles. The van der Waals surface area contributed by atoms with Crippen LogP contribution in [0.1, 0.15) is 25.1 Å². The minimum Gasteiger partial charge on any atom is -0.377 e. The van der Waals surface area contributed by atoms with Gasteiger partial charge >= 0.3 is 0 Å². The summed E-state index contributed by atoms with van der Waals surface area (Å²) in [4.78, 5) is 1.21. The molecule has 0 fully saturated rings. The summed E-state index contributed by atoms with van der Waals surface area (Å²) >= 11 is 7.49. The number of ether oxygens (including phenoxy) is 1. The average Bonchev–Trinajstić information content (AvgIpc) is 2.70. The van der Waals surface area contributed by atoms with Gasteiger partial charge in [-0.3, -0.25) is 11.3 Å². The van der Waals surface area contributed by atoms with E-state index in [4.69, 9.17) is 22.2 Å². The SMILES string of the molecule is CCC(C)(OC)C(Cc1ccc(Cl)s1)NN. The standard InChI is InChI=1S/C11H19ClN2OS/c1-4-11(2,15-3)9(14-13)7-8-5-6-10(12)16-8/h5-6,9,14H,4,7,13H2,1-3H3. The molecule has 0 bridgehead atoms. The fourth-order valence-electron chi connectivity index (χ4n) is 1.65. The van der Waals surface area contributed by atoms with Crippen LogP contribution in [0.4, 0.5) is 0 Å². The van der Waals surface area contributed by atoms with Crippen molar-refractivity contribution >= 4 is 22.9 Å². The molecule has 0 aliphatic rings. The summed E-state index contributed by atoms with van der Waals surface area (Å²) in [6.45, 7) is 4.15. The minimum absolute atomic E-state index is 0.0808. The molecule has 5 heteroatoms. The van der Waals surface area contributed by atoms with Crippen molar-refractivity contribution in [2.24, 2.45) is 5.84 Å². The van der Waals surface area contributed by atoms with E-state index in [1.807, 2.05) is 12.1 Å². The molecule has 2 atom stereocenters. The predicted molar refractivity (Wildman–Crippen MR) is 69.8 cm³/mol. The smallest absolute Gasteiger partial charge is 0.0931 e. The van der Waals surface area contributed by atoms with Crippen molar-refractivity contribution in [3.05, 3.63) is 21.3 Å². The van der Waals surface area contributed by atoms with E-state index < -0.39 is 0 Å². The highest BCUT2D eigenvalue weighted by molar-refractivity contribution is 7.16. The van der Waals surface area contributed by atoms with E-state index in [0.717, 1.165) is 17.2 Å². The first-order chi connectivity index (χ1) is 7.55. The highest BCUT2D eigenvalue weighted by Gasteiger charge is 2.32. The second-order valence-electron chi connectivity index (χ2n) is 4.00. The zero-order valence-corrected chi connectivity index (χ0v) is 11.5. The molecule has 0 saturated heterocycles. The van der Waals surface area contributed by atoms with Gasteiger partial charge in [-0.15, -0.1) is 11.3 Å². The Morgan fingerprint density at radius 3 is 2.69 bits per heavy atom. The Kier molecular flexibility index (Phi) is 5.21. The number of nitrogens with one attached hydrogen (secondary N) is 1. The summed E-state index contributed by atoms with van der Waals surface area (Å²) in [6.07, 6.45) is 1.73. The lowest BCUT2D eigenvalue weighted by Crippen LogP contribution is -2.53. The van der Waals surface area contributed by atoms with Crippen LogP contribution in [0.3, 0.4) is 0 Å². The number of hydrogen-bond donors (Lipinski definition) is 2. The fraction of sp³-hybridized carbons (Fsp3) is 0.636. The molecular weight excluding hydrogens is 244 g/mol. The molecule has 1 aromatic rings. The first kappa shape index (κ1) is 13.9. The first-order valence-corrected chi connectivity index (χ1v) is 6.50. The molecule has 0 aliphatic heterocycles. The minimum atomic E-state index is -0.259. The van der Waals surface area contributed by atoms with Gasteiger partial charge in [0, 0.05) is 18.4 Å². The Morgan fingerprint density at radius 1 is 1.62 bits per heavy atom. The van der Waals surface area contributed by atoms with E-state index in [2.05, 4.69) is 19.3 Å². The number of nitrogens with two attached hydrogens (primary N) is 1. The van der Waals surface area contributed by atoms with E-state index >= 15 is 0 Å². The molecule has 92 valence electrons. The van der Waals surface area contributed by atoms with Crippen molar-refractivity contribution in [3.8, 4) is 0 Å². The second-order valence-corrected chi connectivity index (χ2v) is 5.80. The monoisotopic (exact) mass is 262 g/mol. The average molecular weight is 263 g/mol. The van der Waals surface area contributed by atoms with Gasteiger partial charge in [-0.1, -0.05) is 18.5 Å². The van der Waals surface area contributed by atoms with E-state index in [-0.39, 0.29) is 11.6 Å². The highest BCUT2D eigenvalue weighted by atomic mass is 35.5. The van der Waals surface area contributed by atoms with Crippen molar-refractivity contribution in [1.29, 1.82) is 0 Å². The fourth-order valence-corrected chi connectivity index (χ4v) is 2.78. The summed E-state index contributed by atoms with van der Waals surface area (Å²) < 4.78 is 6.35. The van der Waals surface area contributed by atoms with Gasteiger partial charge in [0.1, 0.15) is 0 Å². The molecule has 0 spiro atoms.